The van der Waals surface area contributed by atoms with Gasteiger partial charge in [0.25, 0.3) is 0 Å². The van der Waals surface area contributed by atoms with Gasteiger partial charge in [-0.15, -0.1) is 0 Å². The number of thioether (sulfide) groups is 1. The number of nitrogens with one attached hydrogen (secondary N) is 1. The van der Waals surface area contributed by atoms with E-state index >= 15 is 0 Å². The Morgan fingerprint density at radius 2 is 1.89 bits per heavy atom. The van der Waals surface area contributed by atoms with Crippen LogP contribution < -0.4 is 10.1 Å². The zero-order valence-corrected chi connectivity index (χ0v) is 14.8. The molecule has 12 heteroatoms. The van der Waals surface area contributed by atoms with Crippen LogP contribution in [-0.4, -0.2) is 47.2 Å². The van der Waals surface area contributed by atoms with E-state index in [9.17, 15) is 32.3 Å². The highest BCUT2D eigenvalue weighted by atomic mass is 32.2. The Bertz CT molecular complexity index is 751. The molecule has 1 rings (SSSR count). The van der Waals surface area contributed by atoms with Gasteiger partial charge in [-0.05, 0) is 30.0 Å². The molecule has 1 aromatic rings. The van der Waals surface area contributed by atoms with Crippen molar-refractivity contribution in [2.75, 3.05) is 12.9 Å². The number of hydrogen-bond donors (Lipinski definition) is 2. The normalized spacial score (nSPS) is 12.0. The summed E-state index contributed by atoms with van der Waals surface area (Å²) in [5.41, 5.74) is -1.58. The second-order valence-corrected chi connectivity index (χ2v) is 5.91. The number of halogens is 3. The van der Waals surface area contributed by atoms with E-state index in [4.69, 9.17) is 9.84 Å². The van der Waals surface area contributed by atoms with Crippen LogP contribution in [-0.2, 0) is 20.5 Å². The topological polar surface area (TPSA) is 119 Å². The van der Waals surface area contributed by atoms with Crippen LogP contribution in [0.5, 0.6) is 5.75 Å². The first-order valence-electron chi connectivity index (χ1n) is 7.09. The number of carboxylic acids is 1. The molecule has 0 saturated carbocycles. The first-order valence-corrected chi connectivity index (χ1v) is 8.08. The molecule has 1 aromatic carbocycles. The van der Waals surface area contributed by atoms with E-state index in [1.165, 1.54) is 0 Å². The Morgan fingerprint density at radius 3 is 2.37 bits per heavy atom. The minimum Gasteiger partial charge on any atom is -0.480 e. The third-order valence-corrected chi connectivity index (χ3v) is 3.77. The summed E-state index contributed by atoms with van der Waals surface area (Å²) in [5.74, 6) is -4.24. The molecule has 8 nitrogen and oxygen atoms in total. The summed E-state index contributed by atoms with van der Waals surface area (Å²) >= 11 is 0.301. The van der Waals surface area contributed by atoms with Crippen molar-refractivity contribution in [3.05, 3.63) is 29.3 Å². The summed E-state index contributed by atoms with van der Waals surface area (Å²) in [6.07, 6.45) is -4.75. The first kappa shape index (κ1) is 22.3. The zero-order chi connectivity index (χ0) is 20.8. The second kappa shape index (κ2) is 9.26. The second-order valence-electron chi connectivity index (χ2n) is 4.95. The van der Waals surface area contributed by atoms with Gasteiger partial charge in [0.2, 0.25) is 5.91 Å². The fourth-order valence-corrected chi connectivity index (χ4v) is 2.43. The van der Waals surface area contributed by atoms with Crippen LogP contribution in [0.4, 0.5) is 18.0 Å². The molecule has 1 atom stereocenters. The highest BCUT2D eigenvalue weighted by Gasteiger charge is 2.32. The van der Waals surface area contributed by atoms with Gasteiger partial charge in [0, 0.05) is 12.7 Å². The van der Waals surface area contributed by atoms with Crippen LogP contribution in [0.25, 0.3) is 0 Å². The van der Waals surface area contributed by atoms with Gasteiger partial charge in [-0.3, -0.25) is 4.79 Å². The smallest absolute Gasteiger partial charge is 0.416 e. The summed E-state index contributed by atoms with van der Waals surface area (Å²) < 4.78 is 47.6. The van der Waals surface area contributed by atoms with Gasteiger partial charge < -0.3 is 19.9 Å². The third-order valence-electron chi connectivity index (χ3n) is 2.95. The lowest BCUT2D eigenvalue weighted by molar-refractivity contribution is -0.140. The SMILES string of the molecule is COC(=O)c1ccc(C(F)(F)F)cc1OC(=O)SC[C@@H](NC(C)=O)C(=O)O. The molecule has 27 heavy (non-hydrogen) atoms. The number of benzene rings is 1. The molecule has 0 bridgehead atoms. The molecule has 1 amide bonds. The summed E-state index contributed by atoms with van der Waals surface area (Å²) in [6, 6.07) is 0.446. The quantitative estimate of drug-likeness (QED) is 0.687. The van der Waals surface area contributed by atoms with Crippen molar-refractivity contribution in [2.24, 2.45) is 0 Å². The molecule has 0 heterocycles. The van der Waals surface area contributed by atoms with Gasteiger partial charge in [-0.25, -0.2) is 14.4 Å². The van der Waals surface area contributed by atoms with Crippen molar-refractivity contribution < 1.29 is 46.9 Å². The van der Waals surface area contributed by atoms with Crippen molar-refractivity contribution in [2.45, 2.75) is 19.1 Å². The van der Waals surface area contributed by atoms with E-state index < -0.39 is 58.0 Å². The van der Waals surface area contributed by atoms with E-state index in [1.54, 1.807) is 0 Å². The average molecular weight is 409 g/mol. The van der Waals surface area contributed by atoms with Gasteiger partial charge in [-0.2, -0.15) is 13.2 Å². The lowest BCUT2D eigenvalue weighted by Gasteiger charge is -2.14. The minimum absolute atomic E-state index is 0.301. The summed E-state index contributed by atoms with van der Waals surface area (Å²) in [7, 11) is 0.991. The zero-order valence-electron chi connectivity index (χ0n) is 14.0. The van der Waals surface area contributed by atoms with Gasteiger partial charge >= 0.3 is 23.4 Å². The molecule has 0 unspecified atom stereocenters. The Balaban J connectivity index is 2.97. The van der Waals surface area contributed by atoms with Crippen LogP contribution in [0.15, 0.2) is 18.2 Å². The molecule has 0 fully saturated rings. The predicted molar refractivity (Wildman–Crippen MR) is 86.5 cm³/mol. The standard InChI is InChI=1S/C15H14F3NO7S/c1-7(20)19-10(12(21)22)6-27-14(24)26-11-5-8(15(16,17)18)3-4-9(11)13(23)25-2/h3-5,10H,6H2,1-2H3,(H,19,20)(H,21,22)/t10-/m1/s1. The molecular weight excluding hydrogens is 395 g/mol. The first-order chi connectivity index (χ1) is 12.5. The number of aliphatic carboxylic acids is 1. The maximum absolute atomic E-state index is 12.8. The lowest BCUT2D eigenvalue weighted by Crippen LogP contribution is -2.41. The van der Waals surface area contributed by atoms with E-state index in [0.29, 0.717) is 23.9 Å². The van der Waals surface area contributed by atoms with Gasteiger partial charge in [0.05, 0.1) is 12.7 Å². The number of ether oxygens (including phenoxy) is 2. The number of hydrogen-bond acceptors (Lipinski definition) is 7. The molecule has 148 valence electrons. The minimum atomic E-state index is -4.75. The fraction of sp³-hybridized carbons (Fsp3) is 0.333. The van der Waals surface area contributed by atoms with E-state index in [1.807, 2.05) is 0 Å². The van der Waals surface area contributed by atoms with Gasteiger partial charge in [0.1, 0.15) is 17.4 Å². The number of amides is 1. The molecule has 0 aliphatic rings. The van der Waals surface area contributed by atoms with Crippen LogP contribution in [0.3, 0.4) is 0 Å². The van der Waals surface area contributed by atoms with Crippen LogP contribution >= 0.6 is 11.8 Å². The summed E-state index contributed by atoms with van der Waals surface area (Å²) in [4.78, 5) is 45.4. The van der Waals surface area contributed by atoms with Crippen LogP contribution in [0.2, 0.25) is 0 Å². The molecule has 0 aliphatic carbocycles. The Kier molecular flexibility index (Phi) is 7.64. The van der Waals surface area contributed by atoms with Crippen LogP contribution in [0.1, 0.15) is 22.8 Å². The summed E-state index contributed by atoms with van der Waals surface area (Å²) in [6.45, 7) is 1.07. The van der Waals surface area contributed by atoms with E-state index in [0.717, 1.165) is 20.1 Å². The highest BCUT2D eigenvalue weighted by molar-refractivity contribution is 8.13. The van der Waals surface area contributed by atoms with Gasteiger partial charge in [-0.1, -0.05) is 0 Å². The largest absolute Gasteiger partial charge is 0.480 e. The lowest BCUT2D eigenvalue weighted by atomic mass is 10.1. The molecule has 0 spiro atoms. The third kappa shape index (κ3) is 6.81. The molecule has 0 saturated heterocycles. The Morgan fingerprint density at radius 1 is 1.26 bits per heavy atom. The fourth-order valence-electron chi connectivity index (χ4n) is 1.75. The number of esters is 1. The van der Waals surface area contributed by atoms with Crippen molar-refractivity contribution >= 4 is 34.9 Å². The molecular formula is C15H14F3NO7S. The Hall–Kier alpha value is -2.76. The summed E-state index contributed by atoms with van der Waals surface area (Å²) in [5, 5.41) is 9.84. The van der Waals surface area contributed by atoms with Gasteiger partial charge in [0.15, 0.2) is 0 Å². The van der Waals surface area contributed by atoms with Crippen molar-refractivity contribution in [1.82, 2.24) is 5.32 Å². The Labute approximate surface area is 155 Å². The monoisotopic (exact) mass is 409 g/mol. The number of carboxylic acid groups (broad SMARTS) is 1. The van der Waals surface area contributed by atoms with E-state index in [2.05, 4.69) is 10.1 Å². The molecule has 0 aromatic heterocycles. The van der Waals surface area contributed by atoms with Crippen molar-refractivity contribution in [3.63, 3.8) is 0 Å². The van der Waals surface area contributed by atoms with Crippen LogP contribution in [0, 0.1) is 0 Å². The number of carbonyl (C=O) groups excluding carboxylic acids is 3. The van der Waals surface area contributed by atoms with E-state index in [-0.39, 0.29) is 0 Å². The molecule has 0 aliphatic heterocycles. The number of methoxy groups -OCH3 is 1. The highest BCUT2D eigenvalue weighted by Crippen LogP contribution is 2.34. The maximum Gasteiger partial charge on any atom is 0.416 e. The molecule has 2 N–H and O–H groups in total. The van der Waals surface area contributed by atoms with Crippen molar-refractivity contribution in [1.29, 1.82) is 0 Å². The average Bonchev–Trinajstić information content (AvgIpc) is 2.56. The number of rotatable bonds is 6. The number of carbonyl (C=O) groups is 4. The molecule has 0 radical (unpaired) electrons. The number of alkyl halides is 3. The predicted octanol–water partition coefficient (Wildman–Crippen LogP) is 2.31. The van der Waals surface area contributed by atoms with Crippen molar-refractivity contribution in [3.8, 4) is 5.75 Å². The maximum atomic E-state index is 12.8.